The molecular formula is C11H17NO. The summed E-state index contributed by atoms with van der Waals surface area (Å²) in [4.78, 5) is 2.07. The Kier molecular flexibility index (Phi) is 3.32. The third kappa shape index (κ3) is 2.46. The van der Waals surface area contributed by atoms with Crippen LogP contribution in [-0.2, 0) is 6.42 Å². The molecular weight excluding hydrogens is 162 g/mol. The highest BCUT2D eigenvalue weighted by Gasteiger charge is 2.03. The number of benzene rings is 1. The van der Waals surface area contributed by atoms with E-state index >= 15 is 0 Å². The maximum atomic E-state index is 8.90. The first kappa shape index (κ1) is 10.1. The van der Waals surface area contributed by atoms with Gasteiger partial charge in [0, 0.05) is 26.4 Å². The first-order valence-electron chi connectivity index (χ1n) is 4.53. The van der Waals surface area contributed by atoms with Gasteiger partial charge in [0.2, 0.25) is 0 Å². The lowest BCUT2D eigenvalue weighted by Gasteiger charge is -2.17. The molecule has 2 heteroatoms. The molecule has 0 saturated carbocycles. The molecule has 0 aromatic heterocycles. The second-order valence-corrected chi connectivity index (χ2v) is 3.50. The molecule has 0 spiro atoms. The SMILES string of the molecule is Cc1ccc(N(C)C)c(CCO)c1. The molecule has 13 heavy (non-hydrogen) atoms. The van der Waals surface area contributed by atoms with Crippen LogP contribution in [-0.4, -0.2) is 25.8 Å². The lowest BCUT2D eigenvalue weighted by atomic mass is 10.1. The van der Waals surface area contributed by atoms with Crippen LogP contribution in [0.15, 0.2) is 18.2 Å². The average Bonchev–Trinajstić information content (AvgIpc) is 2.04. The van der Waals surface area contributed by atoms with Crippen LogP contribution < -0.4 is 4.90 Å². The number of nitrogens with zero attached hydrogens (tertiary/aromatic N) is 1. The molecule has 0 bridgehead atoms. The van der Waals surface area contributed by atoms with Gasteiger partial charge in [0.25, 0.3) is 0 Å². The van der Waals surface area contributed by atoms with Crippen molar-refractivity contribution in [3.63, 3.8) is 0 Å². The summed E-state index contributed by atoms with van der Waals surface area (Å²) in [5, 5.41) is 8.90. The van der Waals surface area contributed by atoms with Crippen molar-refractivity contribution in [2.24, 2.45) is 0 Å². The van der Waals surface area contributed by atoms with Gasteiger partial charge in [-0.05, 0) is 25.0 Å². The van der Waals surface area contributed by atoms with Gasteiger partial charge in [-0.2, -0.15) is 0 Å². The smallest absolute Gasteiger partial charge is 0.0472 e. The van der Waals surface area contributed by atoms with Gasteiger partial charge in [0.1, 0.15) is 0 Å². The molecule has 0 atom stereocenters. The third-order valence-electron chi connectivity index (χ3n) is 2.10. The summed E-state index contributed by atoms with van der Waals surface area (Å²) < 4.78 is 0. The van der Waals surface area contributed by atoms with Gasteiger partial charge in [-0.25, -0.2) is 0 Å². The van der Waals surface area contributed by atoms with Crippen LogP contribution >= 0.6 is 0 Å². The minimum Gasteiger partial charge on any atom is -0.396 e. The van der Waals surface area contributed by atoms with Crippen molar-refractivity contribution in [2.45, 2.75) is 13.3 Å². The van der Waals surface area contributed by atoms with Crippen LogP contribution in [0.2, 0.25) is 0 Å². The molecule has 0 unspecified atom stereocenters. The zero-order chi connectivity index (χ0) is 9.84. The van der Waals surface area contributed by atoms with Crippen LogP contribution in [0.4, 0.5) is 5.69 Å². The van der Waals surface area contributed by atoms with Crippen LogP contribution in [0, 0.1) is 6.92 Å². The van der Waals surface area contributed by atoms with E-state index < -0.39 is 0 Å². The first-order valence-corrected chi connectivity index (χ1v) is 4.53. The van der Waals surface area contributed by atoms with Crippen molar-refractivity contribution in [1.82, 2.24) is 0 Å². The Balaban J connectivity index is 3.03. The number of hydrogen-bond acceptors (Lipinski definition) is 2. The molecule has 0 aliphatic rings. The normalized spacial score (nSPS) is 10.2. The highest BCUT2D eigenvalue weighted by Crippen LogP contribution is 2.20. The standard InChI is InChI=1S/C11H17NO/c1-9-4-5-11(12(2)3)10(8-9)6-7-13/h4-5,8,13H,6-7H2,1-3H3. The predicted molar refractivity (Wildman–Crippen MR) is 56.3 cm³/mol. The molecule has 2 nitrogen and oxygen atoms in total. The molecule has 0 aliphatic carbocycles. The van der Waals surface area contributed by atoms with Crippen molar-refractivity contribution in [3.05, 3.63) is 29.3 Å². The molecule has 0 radical (unpaired) electrons. The molecule has 72 valence electrons. The Morgan fingerprint density at radius 2 is 2.00 bits per heavy atom. The van der Waals surface area contributed by atoms with Crippen molar-refractivity contribution in [2.75, 3.05) is 25.6 Å². The molecule has 1 aromatic rings. The van der Waals surface area contributed by atoms with E-state index in [1.54, 1.807) is 0 Å². The molecule has 1 N–H and O–H groups in total. The topological polar surface area (TPSA) is 23.5 Å². The maximum Gasteiger partial charge on any atom is 0.0472 e. The van der Waals surface area contributed by atoms with E-state index in [1.165, 1.54) is 16.8 Å². The van der Waals surface area contributed by atoms with Gasteiger partial charge in [-0.1, -0.05) is 17.7 Å². The lowest BCUT2D eigenvalue weighted by molar-refractivity contribution is 0.299. The molecule has 0 saturated heterocycles. The number of hydrogen-bond donors (Lipinski definition) is 1. The summed E-state index contributed by atoms with van der Waals surface area (Å²) in [6.45, 7) is 2.28. The second kappa shape index (κ2) is 4.28. The summed E-state index contributed by atoms with van der Waals surface area (Å²) in [5.74, 6) is 0. The molecule has 1 rings (SSSR count). The summed E-state index contributed by atoms with van der Waals surface area (Å²) in [6.07, 6.45) is 0.731. The zero-order valence-corrected chi connectivity index (χ0v) is 8.54. The highest BCUT2D eigenvalue weighted by molar-refractivity contribution is 5.53. The minimum absolute atomic E-state index is 0.213. The second-order valence-electron chi connectivity index (χ2n) is 3.50. The summed E-state index contributed by atoms with van der Waals surface area (Å²) in [5.41, 5.74) is 3.65. The molecule has 0 heterocycles. The number of aryl methyl sites for hydroxylation is 1. The van der Waals surface area contributed by atoms with Gasteiger partial charge in [-0.3, -0.25) is 0 Å². The van der Waals surface area contributed by atoms with E-state index in [2.05, 4.69) is 30.0 Å². The van der Waals surface area contributed by atoms with Crippen LogP contribution in [0.3, 0.4) is 0 Å². The zero-order valence-electron chi connectivity index (χ0n) is 8.54. The Morgan fingerprint density at radius 1 is 1.31 bits per heavy atom. The van der Waals surface area contributed by atoms with Gasteiger partial charge < -0.3 is 10.0 Å². The van der Waals surface area contributed by atoms with Gasteiger partial charge in [0.05, 0.1) is 0 Å². The van der Waals surface area contributed by atoms with E-state index in [1.807, 2.05) is 14.1 Å². The van der Waals surface area contributed by atoms with Crippen molar-refractivity contribution < 1.29 is 5.11 Å². The number of anilines is 1. The average molecular weight is 179 g/mol. The predicted octanol–water partition coefficient (Wildman–Crippen LogP) is 1.60. The van der Waals surface area contributed by atoms with Crippen LogP contribution in [0.25, 0.3) is 0 Å². The number of aliphatic hydroxyl groups excluding tert-OH is 1. The van der Waals surface area contributed by atoms with Gasteiger partial charge >= 0.3 is 0 Å². The largest absolute Gasteiger partial charge is 0.396 e. The Hall–Kier alpha value is -1.02. The lowest BCUT2D eigenvalue weighted by Crippen LogP contribution is -2.12. The summed E-state index contributed by atoms with van der Waals surface area (Å²) in [7, 11) is 4.04. The number of rotatable bonds is 3. The Morgan fingerprint density at radius 3 is 2.54 bits per heavy atom. The van der Waals surface area contributed by atoms with Crippen LogP contribution in [0.5, 0.6) is 0 Å². The van der Waals surface area contributed by atoms with E-state index in [9.17, 15) is 0 Å². The third-order valence-corrected chi connectivity index (χ3v) is 2.10. The van der Waals surface area contributed by atoms with Crippen molar-refractivity contribution in [3.8, 4) is 0 Å². The number of aliphatic hydroxyl groups is 1. The minimum atomic E-state index is 0.213. The first-order chi connectivity index (χ1) is 6.15. The highest BCUT2D eigenvalue weighted by atomic mass is 16.2. The molecule has 1 aromatic carbocycles. The van der Waals surface area contributed by atoms with Gasteiger partial charge in [-0.15, -0.1) is 0 Å². The Bertz CT molecular complexity index is 281. The molecule has 0 amide bonds. The van der Waals surface area contributed by atoms with E-state index in [4.69, 9.17) is 5.11 Å². The fourth-order valence-electron chi connectivity index (χ4n) is 1.47. The quantitative estimate of drug-likeness (QED) is 0.761. The summed E-state index contributed by atoms with van der Waals surface area (Å²) >= 11 is 0. The monoisotopic (exact) mass is 179 g/mol. The maximum absolute atomic E-state index is 8.90. The van der Waals surface area contributed by atoms with Crippen molar-refractivity contribution >= 4 is 5.69 Å². The molecule has 0 fully saturated rings. The molecule has 0 aliphatic heterocycles. The van der Waals surface area contributed by atoms with E-state index in [0.717, 1.165) is 6.42 Å². The van der Waals surface area contributed by atoms with Crippen molar-refractivity contribution in [1.29, 1.82) is 0 Å². The van der Waals surface area contributed by atoms with E-state index in [-0.39, 0.29) is 6.61 Å². The fraction of sp³-hybridized carbons (Fsp3) is 0.455. The fourth-order valence-corrected chi connectivity index (χ4v) is 1.47. The Labute approximate surface area is 79.8 Å². The van der Waals surface area contributed by atoms with Crippen LogP contribution in [0.1, 0.15) is 11.1 Å². The summed E-state index contributed by atoms with van der Waals surface area (Å²) in [6, 6.07) is 6.32. The van der Waals surface area contributed by atoms with Gasteiger partial charge in [0.15, 0.2) is 0 Å². The van der Waals surface area contributed by atoms with E-state index in [0.29, 0.717) is 0 Å².